The molecule has 110 valence electrons. The van der Waals surface area contributed by atoms with Gasteiger partial charge in [-0.05, 0) is 35.9 Å². The number of carbonyl (C=O) groups excluding carboxylic acids is 1. The maximum Gasteiger partial charge on any atom is 0.253 e. The highest BCUT2D eigenvalue weighted by atomic mass is 35.5. The van der Waals surface area contributed by atoms with E-state index in [-0.39, 0.29) is 17.4 Å². The molecule has 0 atom stereocenters. The Hall–Kier alpha value is -2.38. The number of hydrogen-bond donors (Lipinski definition) is 0. The van der Waals surface area contributed by atoms with Gasteiger partial charge in [-0.2, -0.15) is 5.26 Å². The third-order valence-electron chi connectivity index (χ3n) is 3.84. The summed E-state index contributed by atoms with van der Waals surface area (Å²) in [5.41, 5.74) is 1.37. The Labute approximate surface area is 132 Å². The Balaban J connectivity index is 1.69. The molecule has 1 aliphatic rings. The lowest BCUT2D eigenvalue weighted by Gasteiger charge is -2.39. The summed E-state index contributed by atoms with van der Waals surface area (Å²) in [7, 11) is 0. The van der Waals surface area contributed by atoms with E-state index in [1.54, 1.807) is 11.0 Å². The van der Waals surface area contributed by atoms with Crippen molar-refractivity contribution < 1.29 is 9.18 Å². The van der Waals surface area contributed by atoms with Gasteiger partial charge in [0.15, 0.2) is 0 Å². The third-order valence-corrected chi connectivity index (χ3v) is 4.10. The summed E-state index contributed by atoms with van der Waals surface area (Å²) < 4.78 is 13.3. The fraction of sp³-hybridized carbons (Fsp3) is 0.176. The van der Waals surface area contributed by atoms with Crippen LogP contribution in [0.25, 0.3) is 0 Å². The van der Waals surface area contributed by atoms with Crippen LogP contribution in [-0.4, -0.2) is 23.9 Å². The van der Waals surface area contributed by atoms with Gasteiger partial charge in [-0.3, -0.25) is 4.79 Å². The van der Waals surface area contributed by atoms with Gasteiger partial charge in [0.1, 0.15) is 11.9 Å². The predicted molar refractivity (Wildman–Crippen MR) is 81.2 cm³/mol. The number of nitrogens with zero attached hydrogens (tertiary/aromatic N) is 2. The molecule has 1 amide bonds. The summed E-state index contributed by atoms with van der Waals surface area (Å²) >= 11 is 5.86. The van der Waals surface area contributed by atoms with Crippen LogP contribution < -0.4 is 0 Å². The van der Waals surface area contributed by atoms with Crippen molar-refractivity contribution in [2.75, 3.05) is 13.1 Å². The van der Waals surface area contributed by atoms with Crippen molar-refractivity contribution in [3.63, 3.8) is 0 Å². The molecule has 1 saturated heterocycles. The smallest absolute Gasteiger partial charge is 0.253 e. The lowest BCUT2D eigenvalue weighted by atomic mass is 9.91. The lowest BCUT2D eigenvalue weighted by Crippen LogP contribution is -2.48. The largest absolute Gasteiger partial charge is 0.337 e. The number of hydrogen-bond acceptors (Lipinski definition) is 2. The minimum atomic E-state index is -0.610. The molecule has 1 aliphatic heterocycles. The molecule has 5 heteroatoms. The number of amides is 1. The first-order valence-electron chi connectivity index (χ1n) is 6.83. The van der Waals surface area contributed by atoms with Gasteiger partial charge >= 0.3 is 0 Å². The van der Waals surface area contributed by atoms with E-state index in [9.17, 15) is 9.18 Å². The quantitative estimate of drug-likeness (QED) is 0.850. The number of rotatable bonds is 2. The van der Waals surface area contributed by atoms with Crippen LogP contribution in [0.15, 0.2) is 42.5 Å². The van der Waals surface area contributed by atoms with Gasteiger partial charge in [0.05, 0.1) is 5.56 Å². The maximum atomic E-state index is 13.3. The zero-order chi connectivity index (χ0) is 15.7. The molecule has 0 aromatic heterocycles. The highest BCUT2D eigenvalue weighted by molar-refractivity contribution is 6.30. The summed E-state index contributed by atoms with van der Waals surface area (Å²) in [5, 5.41) is 9.51. The molecule has 22 heavy (non-hydrogen) atoms. The number of benzene rings is 2. The molecule has 1 fully saturated rings. The molecular weight excluding hydrogens is 303 g/mol. The average molecular weight is 315 g/mol. The Kier molecular flexibility index (Phi) is 3.82. The number of nitriles is 1. The fourth-order valence-corrected chi connectivity index (χ4v) is 2.64. The molecule has 3 rings (SSSR count). The normalized spacial score (nSPS) is 14.3. The summed E-state index contributed by atoms with van der Waals surface area (Å²) in [6.07, 6.45) is 0. The molecule has 2 aromatic carbocycles. The Morgan fingerprint density at radius 2 is 1.91 bits per heavy atom. The van der Waals surface area contributed by atoms with Gasteiger partial charge in [0.2, 0.25) is 0 Å². The third kappa shape index (κ3) is 2.68. The van der Waals surface area contributed by atoms with Crippen LogP contribution in [0.4, 0.5) is 4.39 Å². The van der Waals surface area contributed by atoms with E-state index in [1.165, 1.54) is 12.1 Å². The standard InChI is InChI=1S/C17H12ClFN2O/c18-15-4-1-11(2-5-15)14-9-21(10-14)17(22)12-3-6-16(19)13(7-12)8-20/h1-7,14H,9-10H2. The van der Waals surface area contributed by atoms with Gasteiger partial charge in [0.25, 0.3) is 5.91 Å². The van der Waals surface area contributed by atoms with E-state index in [0.29, 0.717) is 23.7 Å². The topological polar surface area (TPSA) is 44.1 Å². The minimum absolute atomic E-state index is 0.111. The lowest BCUT2D eigenvalue weighted by molar-refractivity contribution is 0.0602. The molecule has 2 aromatic rings. The van der Waals surface area contributed by atoms with Gasteiger partial charge in [-0.15, -0.1) is 0 Å². The zero-order valence-electron chi connectivity index (χ0n) is 11.6. The molecule has 1 heterocycles. The van der Waals surface area contributed by atoms with Crippen LogP contribution in [0.1, 0.15) is 27.4 Å². The molecule has 0 N–H and O–H groups in total. The van der Waals surface area contributed by atoms with Crippen LogP contribution in [0.2, 0.25) is 5.02 Å². The Bertz CT molecular complexity index is 761. The Morgan fingerprint density at radius 1 is 1.23 bits per heavy atom. The monoisotopic (exact) mass is 314 g/mol. The van der Waals surface area contributed by atoms with Gasteiger partial charge in [-0.1, -0.05) is 23.7 Å². The average Bonchev–Trinajstić information content (AvgIpc) is 2.48. The van der Waals surface area contributed by atoms with Crippen LogP contribution >= 0.6 is 11.6 Å². The molecule has 0 radical (unpaired) electrons. The van der Waals surface area contributed by atoms with Crippen molar-refractivity contribution in [3.8, 4) is 6.07 Å². The predicted octanol–water partition coefficient (Wildman–Crippen LogP) is 3.59. The molecule has 0 aliphatic carbocycles. The van der Waals surface area contributed by atoms with Crippen LogP contribution in [0, 0.1) is 17.1 Å². The number of likely N-dealkylation sites (tertiary alicyclic amines) is 1. The van der Waals surface area contributed by atoms with Gasteiger partial charge < -0.3 is 4.90 Å². The summed E-state index contributed by atoms with van der Waals surface area (Å²) in [6, 6.07) is 13.2. The summed E-state index contributed by atoms with van der Waals surface area (Å²) in [6.45, 7) is 1.22. The Morgan fingerprint density at radius 3 is 2.55 bits per heavy atom. The number of carbonyl (C=O) groups is 1. The second kappa shape index (κ2) is 5.78. The van der Waals surface area contributed by atoms with E-state index in [4.69, 9.17) is 16.9 Å². The minimum Gasteiger partial charge on any atom is -0.337 e. The van der Waals surface area contributed by atoms with E-state index in [1.807, 2.05) is 24.3 Å². The van der Waals surface area contributed by atoms with Crippen LogP contribution in [0.3, 0.4) is 0 Å². The maximum absolute atomic E-state index is 13.3. The van der Waals surface area contributed by atoms with Crippen molar-refractivity contribution in [2.45, 2.75) is 5.92 Å². The van der Waals surface area contributed by atoms with E-state index in [2.05, 4.69) is 0 Å². The summed E-state index contributed by atoms with van der Waals surface area (Å²) in [5.74, 6) is -0.500. The molecular formula is C17H12ClFN2O. The highest BCUT2D eigenvalue weighted by Gasteiger charge is 2.32. The van der Waals surface area contributed by atoms with Crippen molar-refractivity contribution >= 4 is 17.5 Å². The van der Waals surface area contributed by atoms with Gasteiger partial charge in [-0.25, -0.2) is 4.39 Å². The molecule has 3 nitrogen and oxygen atoms in total. The van der Waals surface area contributed by atoms with E-state index < -0.39 is 5.82 Å². The van der Waals surface area contributed by atoms with Crippen LogP contribution in [-0.2, 0) is 0 Å². The second-order valence-corrected chi connectivity index (χ2v) is 5.70. The van der Waals surface area contributed by atoms with Gasteiger partial charge in [0, 0.05) is 29.6 Å². The first-order valence-corrected chi connectivity index (χ1v) is 7.20. The van der Waals surface area contributed by atoms with E-state index >= 15 is 0 Å². The fourth-order valence-electron chi connectivity index (χ4n) is 2.52. The molecule has 0 unspecified atom stereocenters. The number of halogens is 2. The first kappa shape index (κ1) is 14.6. The molecule has 0 spiro atoms. The van der Waals surface area contributed by atoms with Crippen molar-refractivity contribution in [1.29, 1.82) is 5.26 Å². The molecule has 0 saturated carbocycles. The summed E-state index contributed by atoms with van der Waals surface area (Å²) in [4.78, 5) is 14.0. The first-order chi connectivity index (χ1) is 10.6. The van der Waals surface area contributed by atoms with E-state index in [0.717, 1.165) is 11.6 Å². The second-order valence-electron chi connectivity index (χ2n) is 5.27. The highest BCUT2D eigenvalue weighted by Crippen LogP contribution is 2.29. The van der Waals surface area contributed by atoms with Crippen molar-refractivity contribution in [1.82, 2.24) is 4.90 Å². The van der Waals surface area contributed by atoms with Crippen molar-refractivity contribution in [3.05, 3.63) is 70.0 Å². The van der Waals surface area contributed by atoms with Crippen LogP contribution in [0.5, 0.6) is 0 Å². The zero-order valence-corrected chi connectivity index (χ0v) is 12.3. The van der Waals surface area contributed by atoms with Crippen molar-refractivity contribution in [2.24, 2.45) is 0 Å². The molecule has 0 bridgehead atoms. The SMILES string of the molecule is N#Cc1cc(C(=O)N2CC(c3ccc(Cl)cc3)C2)ccc1F.